The van der Waals surface area contributed by atoms with Gasteiger partial charge in [-0.2, -0.15) is 5.10 Å². The summed E-state index contributed by atoms with van der Waals surface area (Å²) >= 11 is 0. The number of hydrogen-bond acceptors (Lipinski definition) is 4. The number of anilines is 1. The van der Waals surface area contributed by atoms with Crippen LogP contribution in [-0.2, 0) is 11.2 Å². The molecule has 1 atom stereocenters. The summed E-state index contributed by atoms with van der Waals surface area (Å²) in [5.41, 5.74) is 10.7. The van der Waals surface area contributed by atoms with Crippen LogP contribution in [0.5, 0.6) is 5.75 Å². The van der Waals surface area contributed by atoms with Gasteiger partial charge in [-0.05, 0) is 37.5 Å². The van der Waals surface area contributed by atoms with Crippen LogP contribution in [0, 0.1) is 6.92 Å². The van der Waals surface area contributed by atoms with Gasteiger partial charge in [-0.25, -0.2) is 0 Å². The molecule has 0 aliphatic heterocycles. The molecule has 0 bridgehead atoms. The Morgan fingerprint density at radius 1 is 1.22 bits per heavy atom. The molecule has 0 aliphatic carbocycles. The maximum atomic E-state index is 12.4. The van der Waals surface area contributed by atoms with Gasteiger partial charge in [-0.3, -0.25) is 9.89 Å². The molecule has 6 heteroatoms. The van der Waals surface area contributed by atoms with E-state index >= 15 is 0 Å². The van der Waals surface area contributed by atoms with E-state index in [9.17, 15) is 4.79 Å². The van der Waals surface area contributed by atoms with Crippen LogP contribution in [0.15, 0.2) is 54.7 Å². The Balaban J connectivity index is 1.66. The SMILES string of the molecule is COc1cc(NC(=O)C(N)CCc2ccccc2)ccc1-c1cn[nH]c1C. The Bertz CT molecular complexity index is 906. The largest absolute Gasteiger partial charge is 0.496 e. The zero-order valence-electron chi connectivity index (χ0n) is 15.5. The number of carbonyl (C=O) groups is 1. The third-order valence-corrected chi connectivity index (χ3v) is 4.51. The van der Waals surface area contributed by atoms with Crippen LogP contribution in [0.4, 0.5) is 5.69 Å². The molecule has 1 heterocycles. The molecule has 3 rings (SSSR count). The first-order chi connectivity index (χ1) is 13.1. The number of hydrogen-bond donors (Lipinski definition) is 3. The zero-order chi connectivity index (χ0) is 19.2. The second-order valence-corrected chi connectivity index (χ2v) is 6.44. The Morgan fingerprint density at radius 2 is 2.00 bits per heavy atom. The molecule has 0 saturated heterocycles. The summed E-state index contributed by atoms with van der Waals surface area (Å²) in [7, 11) is 1.60. The van der Waals surface area contributed by atoms with Crippen molar-refractivity contribution < 1.29 is 9.53 Å². The first-order valence-corrected chi connectivity index (χ1v) is 8.87. The lowest BCUT2D eigenvalue weighted by molar-refractivity contribution is -0.117. The standard InChI is InChI=1S/C21H24N4O2/c1-14-18(13-23-25-14)17-10-9-16(12-20(17)27-2)24-21(26)19(22)11-8-15-6-4-3-5-7-15/h3-7,9-10,12-13,19H,8,11,22H2,1-2H3,(H,23,25)(H,24,26). The summed E-state index contributed by atoms with van der Waals surface area (Å²) in [6.45, 7) is 1.95. The monoisotopic (exact) mass is 364 g/mol. The molecule has 27 heavy (non-hydrogen) atoms. The molecule has 6 nitrogen and oxygen atoms in total. The predicted octanol–water partition coefficient (Wildman–Crippen LogP) is 3.29. The molecule has 0 radical (unpaired) electrons. The summed E-state index contributed by atoms with van der Waals surface area (Å²) < 4.78 is 5.49. The number of H-pyrrole nitrogens is 1. The topological polar surface area (TPSA) is 93.0 Å². The average molecular weight is 364 g/mol. The molecular formula is C21H24N4O2. The van der Waals surface area contributed by atoms with Crippen LogP contribution in [0.2, 0.25) is 0 Å². The number of amides is 1. The maximum Gasteiger partial charge on any atom is 0.241 e. The zero-order valence-corrected chi connectivity index (χ0v) is 15.5. The molecule has 0 fully saturated rings. The molecule has 3 aromatic rings. The van der Waals surface area contributed by atoms with E-state index in [0.29, 0.717) is 17.9 Å². The fraction of sp³-hybridized carbons (Fsp3) is 0.238. The Morgan fingerprint density at radius 3 is 2.67 bits per heavy atom. The van der Waals surface area contributed by atoms with Crippen molar-refractivity contribution in [1.29, 1.82) is 0 Å². The fourth-order valence-corrected chi connectivity index (χ4v) is 2.95. The molecule has 1 aromatic heterocycles. The number of methoxy groups -OCH3 is 1. The van der Waals surface area contributed by atoms with Crippen LogP contribution in [0.25, 0.3) is 11.1 Å². The maximum absolute atomic E-state index is 12.4. The van der Waals surface area contributed by atoms with Gasteiger partial charge in [-0.1, -0.05) is 30.3 Å². The third-order valence-electron chi connectivity index (χ3n) is 4.51. The summed E-state index contributed by atoms with van der Waals surface area (Å²) in [5, 5.41) is 9.83. The smallest absolute Gasteiger partial charge is 0.241 e. The molecule has 4 N–H and O–H groups in total. The van der Waals surface area contributed by atoms with Crippen molar-refractivity contribution in [3.63, 3.8) is 0 Å². The highest BCUT2D eigenvalue weighted by atomic mass is 16.5. The summed E-state index contributed by atoms with van der Waals surface area (Å²) in [4.78, 5) is 12.4. The minimum atomic E-state index is -0.577. The summed E-state index contributed by atoms with van der Waals surface area (Å²) in [5.74, 6) is 0.454. The molecule has 1 unspecified atom stereocenters. The van der Waals surface area contributed by atoms with Gasteiger partial charge in [0.05, 0.1) is 19.3 Å². The number of aromatic amines is 1. The van der Waals surface area contributed by atoms with Crippen molar-refractivity contribution in [2.24, 2.45) is 5.73 Å². The van der Waals surface area contributed by atoms with E-state index in [0.717, 1.165) is 23.2 Å². The van der Waals surface area contributed by atoms with E-state index in [-0.39, 0.29) is 5.91 Å². The van der Waals surface area contributed by atoms with E-state index < -0.39 is 6.04 Å². The Labute approximate surface area is 158 Å². The van der Waals surface area contributed by atoms with Crippen LogP contribution < -0.4 is 15.8 Å². The van der Waals surface area contributed by atoms with Gasteiger partial charge in [0.15, 0.2) is 0 Å². The van der Waals surface area contributed by atoms with Crippen molar-refractivity contribution in [1.82, 2.24) is 10.2 Å². The van der Waals surface area contributed by atoms with Gasteiger partial charge < -0.3 is 15.8 Å². The van der Waals surface area contributed by atoms with Gasteiger partial charge in [0, 0.05) is 28.6 Å². The average Bonchev–Trinajstić information content (AvgIpc) is 3.12. The normalized spacial score (nSPS) is 11.8. The van der Waals surface area contributed by atoms with E-state index in [4.69, 9.17) is 10.5 Å². The van der Waals surface area contributed by atoms with Gasteiger partial charge >= 0.3 is 0 Å². The minimum Gasteiger partial charge on any atom is -0.496 e. The number of nitrogens with two attached hydrogens (primary N) is 1. The molecular weight excluding hydrogens is 340 g/mol. The summed E-state index contributed by atoms with van der Waals surface area (Å²) in [6, 6.07) is 15.0. The van der Waals surface area contributed by atoms with Crippen molar-refractivity contribution in [3.8, 4) is 16.9 Å². The highest BCUT2D eigenvalue weighted by molar-refractivity contribution is 5.95. The van der Waals surface area contributed by atoms with Gasteiger partial charge in [0.1, 0.15) is 5.75 Å². The van der Waals surface area contributed by atoms with E-state index in [1.165, 1.54) is 5.56 Å². The Hall–Kier alpha value is -3.12. The molecule has 0 spiro atoms. The quantitative estimate of drug-likeness (QED) is 0.600. The second-order valence-electron chi connectivity index (χ2n) is 6.44. The lowest BCUT2D eigenvalue weighted by Gasteiger charge is -2.14. The van der Waals surface area contributed by atoms with E-state index in [1.807, 2.05) is 49.4 Å². The molecule has 1 amide bonds. The van der Waals surface area contributed by atoms with Crippen molar-refractivity contribution in [2.75, 3.05) is 12.4 Å². The van der Waals surface area contributed by atoms with Crippen LogP contribution in [-0.4, -0.2) is 29.3 Å². The number of aromatic nitrogens is 2. The highest BCUT2D eigenvalue weighted by Crippen LogP contribution is 2.33. The minimum absolute atomic E-state index is 0.208. The lowest BCUT2D eigenvalue weighted by Crippen LogP contribution is -2.36. The number of nitrogens with one attached hydrogen (secondary N) is 2. The summed E-state index contributed by atoms with van der Waals surface area (Å²) in [6.07, 6.45) is 3.10. The Kier molecular flexibility index (Phi) is 5.88. The van der Waals surface area contributed by atoms with Crippen molar-refractivity contribution in [2.45, 2.75) is 25.8 Å². The highest BCUT2D eigenvalue weighted by Gasteiger charge is 2.16. The second kappa shape index (κ2) is 8.51. The van der Waals surface area contributed by atoms with Crippen LogP contribution in [0.3, 0.4) is 0 Å². The molecule has 0 aliphatic rings. The van der Waals surface area contributed by atoms with Gasteiger partial charge in [-0.15, -0.1) is 0 Å². The van der Waals surface area contributed by atoms with Crippen molar-refractivity contribution in [3.05, 3.63) is 66.0 Å². The van der Waals surface area contributed by atoms with Crippen LogP contribution in [0.1, 0.15) is 17.7 Å². The van der Waals surface area contributed by atoms with E-state index in [2.05, 4.69) is 15.5 Å². The molecule has 0 saturated carbocycles. The first kappa shape index (κ1) is 18.7. The lowest BCUT2D eigenvalue weighted by atomic mass is 10.0. The van der Waals surface area contributed by atoms with Crippen molar-refractivity contribution >= 4 is 11.6 Å². The van der Waals surface area contributed by atoms with E-state index in [1.54, 1.807) is 19.4 Å². The number of nitrogens with zero attached hydrogens (tertiary/aromatic N) is 1. The van der Waals surface area contributed by atoms with Crippen LogP contribution >= 0.6 is 0 Å². The predicted molar refractivity (Wildman–Crippen MR) is 107 cm³/mol. The number of carbonyl (C=O) groups excluding carboxylic acids is 1. The number of aryl methyl sites for hydroxylation is 2. The number of ether oxygens (including phenoxy) is 1. The van der Waals surface area contributed by atoms with Gasteiger partial charge in [0.25, 0.3) is 0 Å². The number of benzene rings is 2. The fourth-order valence-electron chi connectivity index (χ4n) is 2.95. The number of rotatable bonds is 7. The van der Waals surface area contributed by atoms with Gasteiger partial charge in [0.2, 0.25) is 5.91 Å². The third kappa shape index (κ3) is 4.54. The molecule has 140 valence electrons. The molecule has 2 aromatic carbocycles. The first-order valence-electron chi connectivity index (χ1n) is 8.87.